The van der Waals surface area contributed by atoms with Gasteiger partial charge in [0.05, 0.1) is 11.1 Å². The molecular weight excluding hydrogens is 695 g/mol. The average Bonchev–Trinajstić information content (AvgIpc) is 3.86. The lowest BCUT2D eigenvalue weighted by molar-refractivity contribution is 0.669. The first-order chi connectivity index (χ1) is 28.3. The number of fused-ring (bicyclic) bond motifs is 10. The second kappa shape index (κ2) is 12.5. The van der Waals surface area contributed by atoms with Crippen LogP contribution in [0.5, 0.6) is 0 Å². The van der Waals surface area contributed by atoms with Gasteiger partial charge in [-0.2, -0.15) is 0 Å². The van der Waals surface area contributed by atoms with E-state index >= 15 is 0 Å². The smallest absolute Gasteiger partial charge is 0.145 e. The third kappa shape index (κ3) is 4.92. The molecule has 12 aromatic rings. The van der Waals surface area contributed by atoms with Gasteiger partial charge in [-0.3, -0.25) is 0 Å². The second-order valence-electron chi connectivity index (χ2n) is 14.8. The number of rotatable bonds is 5. The maximum absolute atomic E-state index is 6.89. The Balaban J connectivity index is 1.11. The molecule has 0 saturated carbocycles. The van der Waals surface area contributed by atoms with Crippen molar-refractivity contribution in [3.63, 3.8) is 0 Å². The second-order valence-corrected chi connectivity index (χ2v) is 14.8. The Labute approximate surface area is 328 Å². The molecule has 3 heteroatoms. The molecule has 57 heavy (non-hydrogen) atoms. The number of hydrogen-bond donors (Lipinski definition) is 0. The molecule has 2 aromatic heterocycles. The molecule has 266 valence electrons. The minimum absolute atomic E-state index is 0.863. The molecule has 0 N–H and O–H groups in total. The van der Waals surface area contributed by atoms with Gasteiger partial charge in [0.15, 0.2) is 0 Å². The van der Waals surface area contributed by atoms with Gasteiger partial charge in [0.25, 0.3) is 0 Å². The van der Waals surface area contributed by atoms with Crippen molar-refractivity contribution in [2.75, 3.05) is 4.90 Å². The number of anilines is 3. The molecule has 12 rings (SSSR count). The molecule has 2 heterocycles. The summed E-state index contributed by atoms with van der Waals surface area (Å²) in [5.41, 5.74) is 11.2. The highest BCUT2D eigenvalue weighted by atomic mass is 16.3. The molecule has 0 aliphatic rings. The van der Waals surface area contributed by atoms with E-state index in [2.05, 4.69) is 193 Å². The molecule has 0 aliphatic heterocycles. The molecule has 0 saturated heterocycles. The number of nitrogens with zero attached hydrogens (tertiary/aromatic N) is 1. The van der Waals surface area contributed by atoms with Gasteiger partial charge in [-0.25, -0.2) is 0 Å². The Morgan fingerprint density at radius 1 is 0.316 bits per heavy atom. The third-order valence-corrected chi connectivity index (χ3v) is 11.7. The Morgan fingerprint density at radius 2 is 0.877 bits per heavy atom. The van der Waals surface area contributed by atoms with E-state index in [1.807, 2.05) is 12.1 Å². The van der Waals surface area contributed by atoms with Crippen molar-refractivity contribution in [3.8, 4) is 22.3 Å². The predicted molar refractivity (Wildman–Crippen MR) is 239 cm³/mol. The first kappa shape index (κ1) is 31.7. The van der Waals surface area contributed by atoms with E-state index in [9.17, 15) is 0 Å². The van der Waals surface area contributed by atoms with Crippen molar-refractivity contribution < 1.29 is 8.83 Å². The molecule has 3 nitrogen and oxygen atoms in total. The van der Waals surface area contributed by atoms with Gasteiger partial charge in [0.2, 0.25) is 0 Å². The van der Waals surface area contributed by atoms with E-state index in [-0.39, 0.29) is 0 Å². The largest absolute Gasteiger partial charge is 0.456 e. The molecule has 0 amide bonds. The highest BCUT2D eigenvalue weighted by Gasteiger charge is 2.23. The van der Waals surface area contributed by atoms with E-state index in [0.29, 0.717) is 0 Å². The van der Waals surface area contributed by atoms with E-state index in [4.69, 9.17) is 8.83 Å². The lowest BCUT2D eigenvalue weighted by Gasteiger charge is -2.27. The van der Waals surface area contributed by atoms with Crippen LogP contribution in [0.1, 0.15) is 0 Å². The lowest BCUT2D eigenvalue weighted by Crippen LogP contribution is -2.10. The van der Waals surface area contributed by atoms with Crippen LogP contribution in [0.25, 0.3) is 98.4 Å². The summed E-state index contributed by atoms with van der Waals surface area (Å²) in [7, 11) is 0. The van der Waals surface area contributed by atoms with Gasteiger partial charge >= 0.3 is 0 Å². The third-order valence-electron chi connectivity index (χ3n) is 11.7. The van der Waals surface area contributed by atoms with Gasteiger partial charge < -0.3 is 13.7 Å². The summed E-state index contributed by atoms with van der Waals surface area (Å²) < 4.78 is 13.2. The van der Waals surface area contributed by atoms with Gasteiger partial charge in [0, 0.05) is 33.1 Å². The van der Waals surface area contributed by atoms with E-state index in [1.165, 1.54) is 32.3 Å². The van der Waals surface area contributed by atoms with Crippen molar-refractivity contribution in [2.24, 2.45) is 0 Å². The van der Waals surface area contributed by atoms with Crippen molar-refractivity contribution in [1.29, 1.82) is 0 Å². The molecule has 10 aromatic carbocycles. The Kier molecular flexibility index (Phi) is 6.93. The summed E-state index contributed by atoms with van der Waals surface area (Å²) in [5, 5.41) is 11.7. The highest BCUT2D eigenvalue weighted by molar-refractivity contribution is 6.19. The summed E-state index contributed by atoms with van der Waals surface area (Å²) in [5.74, 6) is 0. The number of benzene rings is 10. The van der Waals surface area contributed by atoms with E-state index in [1.54, 1.807) is 0 Å². The van der Waals surface area contributed by atoms with Gasteiger partial charge in [0.1, 0.15) is 22.3 Å². The minimum atomic E-state index is 0.863. The van der Waals surface area contributed by atoms with Crippen LogP contribution < -0.4 is 4.90 Å². The fraction of sp³-hybridized carbons (Fsp3) is 0. The maximum Gasteiger partial charge on any atom is 0.145 e. The number of furan rings is 2. The number of hydrogen-bond acceptors (Lipinski definition) is 3. The number of para-hydroxylation sites is 2. The standard InChI is InChI=1S/C54H33NO2/c1-3-14-40-34(11-1)13-9-19-43(40)44-31-32-48(53-46-17-6-8-21-50(46)57-54(44)53)55(39-30-27-37-24-23-35-12-2-4-15-41(35)47(37)33-39)38-28-25-36(26-29-38)42-18-10-22-51-52(42)45-16-5-7-20-49(45)56-51/h1-33H. The topological polar surface area (TPSA) is 29.5 Å². The molecule has 0 bridgehead atoms. The fourth-order valence-corrected chi connectivity index (χ4v) is 9.03. The van der Waals surface area contributed by atoms with Crippen molar-refractivity contribution in [1.82, 2.24) is 0 Å². The molecular formula is C54H33NO2. The first-order valence-corrected chi connectivity index (χ1v) is 19.4. The quantitative estimate of drug-likeness (QED) is 0.165. The summed E-state index contributed by atoms with van der Waals surface area (Å²) in [4.78, 5) is 2.40. The van der Waals surface area contributed by atoms with Crippen LogP contribution in [0.2, 0.25) is 0 Å². The van der Waals surface area contributed by atoms with Crippen LogP contribution in [-0.4, -0.2) is 0 Å². The zero-order chi connectivity index (χ0) is 37.5. The molecule has 0 unspecified atom stereocenters. The Hall–Kier alpha value is -7.62. The SMILES string of the molecule is c1ccc2c(-c3ccc(N(c4ccc(-c5cccc6oc7ccccc7c56)cc4)c4ccc5ccc6ccccc6c5c4)c4c3oc3ccccc34)cccc2c1. The zero-order valence-corrected chi connectivity index (χ0v) is 30.8. The Morgan fingerprint density at radius 3 is 1.68 bits per heavy atom. The first-order valence-electron chi connectivity index (χ1n) is 19.4. The van der Waals surface area contributed by atoms with Crippen LogP contribution in [0, 0.1) is 0 Å². The lowest BCUT2D eigenvalue weighted by atomic mass is 9.95. The van der Waals surface area contributed by atoms with Crippen molar-refractivity contribution in [2.45, 2.75) is 0 Å². The van der Waals surface area contributed by atoms with Crippen molar-refractivity contribution >= 4 is 93.3 Å². The van der Waals surface area contributed by atoms with Crippen LogP contribution in [-0.2, 0) is 0 Å². The van der Waals surface area contributed by atoms with Crippen LogP contribution in [0.3, 0.4) is 0 Å². The van der Waals surface area contributed by atoms with Gasteiger partial charge in [-0.05, 0) is 104 Å². The summed E-state index contributed by atoms with van der Waals surface area (Å²) in [6.07, 6.45) is 0. The molecule has 0 fully saturated rings. The normalized spacial score (nSPS) is 11.9. The maximum atomic E-state index is 6.89. The molecule has 0 atom stereocenters. The van der Waals surface area contributed by atoms with Gasteiger partial charge in [-0.15, -0.1) is 0 Å². The average molecular weight is 728 g/mol. The molecule has 0 aliphatic carbocycles. The monoisotopic (exact) mass is 727 g/mol. The van der Waals surface area contributed by atoms with Crippen LogP contribution >= 0.6 is 0 Å². The highest BCUT2D eigenvalue weighted by Crippen LogP contribution is 2.48. The minimum Gasteiger partial charge on any atom is -0.456 e. The van der Waals surface area contributed by atoms with E-state index in [0.717, 1.165) is 83.2 Å². The van der Waals surface area contributed by atoms with Gasteiger partial charge in [-0.1, -0.05) is 146 Å². The van der Waals surface area contributed by atoms with Crippen molar-refractivity contribution in [3.05, 3.63) is 200 Å². The van der Waals surface area contributed by atoms with Crippen LogP contribution in [0.15, 0.2) is 209 Å². The molecule has 0 spiro atoms. The van der Waals surface area contributed by atoms with Crippen LogP contribution in [0.4, 0.5) is 17.1 Å². The zero-order valence-electron chi connectivity index (χ0n) is 30.8. The predicted octanol–water partition coefficient (Wildman–Crippen LogP) is 15.7. The summed E-state index contributed by atoms with van der Waals surface area (Å²) >= 11 is 0. The fourth-order valence-electron chi connectivity index (χ4n) is 9.03. The Bertz CT molecular complexity index is 3530. The summed E-state index contributed by atoms with van der Waals surface area (Å²) in [6.45, 7) is 0. The van der Waals surface area contributed by atoms with E-state index < -0.39 is 0 Å². The molecule has 0 radical (unpaired) electrons. The summed E-state index contributed by atoms with van der Waals surface area (Å²) in [6, 6.07) is 71.6.